The molecule has 1 saturated carbocycles. The van der Waals surface area contributed by atoms with Gasteiger partial charge in [-0.05, 0) is 49.9 Å². The predicted molar refractivity (Wildman–Crippen MR) is 74.6 cm³/mol. The van der Waals surface area contributed by atoms with E-state index in [9.17, 15) is 0 Å². The fourth-order valence-corrected chi connectivity index (χ4v) is 2.63. The summed E-state index contributed by atoms with van der Waals surface area (Å²) in [6.45, 7) is 0. The Kier molecular flexibility index (Phi) is 3.79. The van der Waals surface area contributed by atoms with Gasteiger partial charge in [0.1, 0.15) is 5.54 Å². The SMILES string of the molecule is CN(c1ccc(Cl)cc1)C1CCC(N)(C#N)CC1. The van der Waals surface area contributed by atoms with Gasteiger partial charge in [0.2, 0.25) is 0 Å². The molecule has 0 amide bonds. The summed E-state index contributed by atoms with van der Waals surface area (Å²) in [7, 11) is 2.09. The third-order valence-corrected chi connectivity index (χ3v) is 4.10. The molecule has 0 saturated heterocycles. The Morgan fingerprint density at radius 1 is 1.33 bits per heavy atom. The van der Waals surface area contributed by atoms with Crippen molar-refractivity contribution in [2.75, 3.05) is 11.9 Å². The first kappa shape index (κ1) is 13.2. The molecule has 0 atom stereocenters. The number of halogens is 1. The maximum Gasteiger partial charge on any atom is 0.104 e. The van der Waals surface area contributed by atoms with Crippen LogP contribution in [0.3, 0.4) is 0 Å². The fraction of sp³-hybridized carbons (Fsp3) is 0.500. The standard InChI is InChI=1S/C14H18ClN3/c1-18(12-4-2-11(15)3-5-12)13-6-8-14(17,10-16)9-7-13/h2-5,13H,6-9,17H2,1H3. The summed E-state index contributed by atoms with van der Waals surface area (Å²) < 4.78 is 0. The minimum Gasteiger partial charge on any atom is -0.372 e. The van der Waals surface area contributed by atoms with Crippen molar-refractivity contribution in [1.82, 2.24) is 0 Å². The number of benzene rings is 1. The smallest absolute Gasteiger partial charge is 0.104 e. The number of rotatable bonds is 2. The van der Waals surface area contributed by atoms with E-state index in [1.165, 1.54) is 0 Å². The van der Waals surface area contributed by atoms with Crippen molar-refractivity contribution in [1.29, 1.82) is 5.26 Å². The van der Waals surface area contributed by atoms with Gasteiger partial charge in [-0.1, -0.05) is 11.6 Å². The van der Waals surface area contributed by atoms with Crippen LogP contribution in [0.25, 0.3) is 0 Å². The normalized spacial score (nSPS) is 27.6. The molecule has 1 aliphatic carbocycles. The average Bonchev–Trinajstić information content (AvgIpc) is 2.40. The summed E-state index contributed by atoms with van der Waals surface area (Å²) >= 11 is 5.89. The van der Waals surface area contributed by atoms with Gasteiger partial charge in [0, 0.05) is 23.8 Å². The van der Waals surface area contributed by atoms with Gasteiger partial charge in [0.25, 0.3) is 0 Å². The van der Waals surface area contributed by atoms with Gasteiger partial charge in [0.15, 0.2) is 0 Å². The topological polar surface area (TPSA) is 53.0 Å². The Balaban J connectivity index is 2.02. The van der Waals surface area contributed by atoms with Crippen LogP contribution in [0.4, 0.5) is 5.69 Å². The molecule has 1 aromatic carbocycles. The van der Waals surface area contributed by atoms with Crippen molar-refractivity contribution < 1.29 is 0 Å². The van der Waals surface area contributed by atoms with Gasteiger partial charge in [-0.15, -0.1) is 0 Å². The van der Waals surface area contributed by atoms with Crippen LogP contribution < -0.4 is 10.6 Å². The molecule has 3 nitrogen and oxygen atoms in total. The first-order chi connectivity index (χ1) is 8.54. The summed E-state index contributed by atoms with van der Waals surface area (Å²) in [5.74, 6) is 0. The van der Waals surface area contributed by atoms with Gasteiger partial charge in [-0.3, -0.25) is 0 Å². The van der Waals surface area contributed by atoms with Crippen molar-refractivity contribution in [2.45, 2.75) is 37.3 Å². The highest BCUT2D eigenvalue weighted by Crippen LogP contribution is 2.30. The zero-order valence-corrected chi connectivity index (χ0v) is 11.3. The van der Waals surface area contributed by atoms with E-state index in [2.05, 4.69) is 18.0 Å². The van der Waals surface area contributed by atoms with E-state index in [1.54, 1.807) is 0 Å². The van der Waals surface area contributed by atoms with E-state index in [1.807, 2.05) is 24.3 Å². The van der Waals surface area contributed by atoms with Crippen LogP contribution in [0.5, 0.6) is 0 Å². The van der Waals surface area contributed by atoms with Crippen LogP contribution in [0.2, 0.25) is 5.02 Å². The Morgan fingerprint density at radius 2 is 1.89 bits per heavy atom. The van der Waals surface area contributed by atoms with Crippen LogP contribution in [-0.4, -0.2) is 18.6 Å². The van der Waals surface area contributed by atoms with E-state index < -0.39 is 5.54 Å². The Bertz CT molecular complexity index is 441. The lowest BCUT2D eigenvalue weighted by Gasteiger charge is -2.38. The van der Waals surface area contributed by atoms with Crippen LogP contribution in [0, 0.1) is 11.3 Å². The van der Waals surface area contributed by atoms with Crippen LogP contribution >= 0.6 is 11.6 Å². The number of nitriles is 1. The average molecular weight is 264 g/mol. The van der Waals surface area contributed by atoms with Gasteiger partial charge in [-0.25, -0.2) is 0 Å². The van der Waals surface area contributed by atoms with Crippen LogP contribution in [-0.2, 0) is 0 Å². The van der Waals surface area contributed by atoms with Crippen molar-refractivity contribution in [3.63, 3.8) is 0 Å². The Hall–Kier alpha value is -1.24. The zero-order valence-electron chi connectivity index (χ0n) is 10.6. The number of nitrogens with two attached hydrogens (primary N) is 1. The minimum atomic E-state index is -0.614. The van der Waals surface area contributed by atoms with Gasteiger partial charge in [0.05, 0.1) is 6.07 Å². The highest BCUT2D eigenvalue weighted by atomic mass is 35.5. The maximum atomic E-state index is 9.02. The van der Waals surface area contributed by atoms with Crippen molar-refractivity contribution >= 4 is 17.3 Å². The van der Waals surface area contributed by atoms with Gasteiger partial charge in [-0.2, -0.15) is 5.26 Å². The minimum absolute atomic E-state index is 0.455. The summed E-state index contributed by atoms with van der Waals surface area (Å²) in [4.78, 5) is 2.26. The summed E-state index contributed by atoms with van der Waals surface area (Å²) in [6, 6.07) is 10.5. The molecule has 1 aliphatic rings. The molecular formula is C14H18ClN3. The zero-order chi connectivity index (χ0) is 13.2. The van der Waals surface area contributed by atoms with Crippen molar-refractivity contribution in [3.05, 3.63) is 29.3 Å². The van der Waals surface area contributed by atoms with Gasteiger partial charge >= 0.3 is 0 Å². The molecule has 0 aliphatic heterocycles. The lowest BCUT2D eigenvalue weighted by Crippen LogP contribution is -2.46. The van der Waals surface area contributed by atoms with E-state index in [4.69, 9.17) is 22.6 Å². The highest BCUT2D eigenvalue weighted by molar-refractivity contribution is 6.30. The summed E-state index contributed by atoms with van der Waals surface area (Å²) in [6.07, 6.45) is 3.46. The molecule has 1 fully saturated rings. The second-order valence-electron chi connectivity index (χ2n) is 5.09. The number of nitrogens with zero attached hydrogens (tertiary/aromatic N) is 2. The summed E-state index contributed by atoms with van der Waals surface area (Å²) in [5, 5.41) is 9.77. The first-order valence-electron chi connectivity index (χ1n) is 6.23. The monoisotopic (exact) mass is 263 g/mol. The molecule has 0 spiro atoms. The van der Waals surface area contributed by atoms with Crippen LogP contribution in [0.15, 0.2) is 24.3 Å². The Morgan fingerprint density at radius 3 is 2.39 bits per heavy atom. The summed E-state index contributed by atoms with van der Waals surface area (Å²) in [5.41, 5.74) is 6.53. The van der Waals surface area contributed by atoms with Gasteiger partial charge < -0.3 is 10.6 Å². The quantitative estimate of drug-likeness (QED) is 0.893. The molecule has 0 aromatic heterocycles. The molecule has 0 unspecified atom stereocenters. The molecule has 1 aromatic rings. The third-order valence-electron chi connectivity index (χ3n) is 3.85. The second kappa shape index (κ2) is 5.17. The molecule has 18 heavy (non-hydrogen) atoms. The molecule has 2 rings (SSSR count). The largest absolute Gasteiger partial charge is 0.372 e. The number of hydrogen-bond acceptors (Lipinski definition) is 3. The van der Waals surface area contributed by atoms with E-state index >= 15 is 0 Å². The predicted octanol–water partition coefficient (Wildman–Crippen LogP) is 2.94. The molecule has 4 heteroatoms. The Labute approximate surface area is 113 Å². The lowest BCUT2D eigenvalue weighted by atomic mass is 9.80. The fourth-order valence-electron chi connectivity index (χ4n) is 2.50. The van der Waals surface area contributed by atoms with E-state index in [0.29, 0.717) is 6.04 Å². The number of anilines is 1. The molecular weight excluding hydrogens is 246 g/mol. The lowest BCUT2D eigenvalue weighted by molar-refractivity contribution is 0.327. The molecule has 2 N–H and O–H groups in total. The van der Waals surface area contributed by atoms with Crippen molar-refractivity contribution in [2.24, 2.45) is 5.73 Å². The van der Waals surface area contributed by atoms with Crippen LogP contribution in [0.1, 0.15) is 25.7 Å². The highest BCUT2D eigenvalue weighted by Gasteiger charge is 2.33. The maximum absolute atomic E-state index is 9.02. The number of hydrogen-bond donors (Lipinski definition) is 1. The van der Waals surface area contributed by atoms with Crippen molar-refractivity contribution in [3.8, 4) is 6.07 Å². The van der Waals surface area contributed by atoms with E-state index in [-0.39, 0.29) is 0 Å². The second-order valence-corrected chi connectivity index (χ2v) is 5.52. The third kappa shape index (κ3) is 2.77. The molecule has 0 heterocycles. The van der Waals surface area contributed by atoms with E-state index in [0.717, 1.165) is 36.4 Å². The first-order valence-corrected chi connectivity index (χ1v) is 6.60. The molecule has 0 bridgehead atoms. The molecule has 96 valence electrons. The molecule has 0 radical (unpaired) electrons.